The van der Waals surface area contributed by atoms with Crippen molar-refractivity contribution in [2.75, 3.05) is 40.8 Å². The highest BCUT2D eigenvalue weighted by Crippen LogP contribution is 2.18. The number of aliphatic imine (C=N–C) groups is 1. The van der Waals surface area contributed by atoms with E-state index < -0.39 is 0 Å². The van der Waals surface area contributed by atoms with Crippen LogP contribution in [0.5, 0.6) is 5.75 Å². The zero-order valence-corrected chi connectivity index (χ0v) is 18.9. The molecule has 1 aromatic carbocycles. The van der Waals surface area contributed by atoms with Gasteiger partial charge >= 0.3 is 0 Å². The molecule has 0 aliphatic heterocycles. The maximum Gasteiger partial charge on any atom is 0.191 e. The van der Waals surface area contributed by atoms with Gasteiger partial charge < -0.3 is 20.3 Å². The lowest BCUT2D eigenvalue weighted by atomic mass is 10.1. The fourth-order valence-electron chi connectivity index (χ4n) is 2.45. The SMILES string of the molecule is CCC(C)N(C)CCNC(=NC)NCCc1ccc(C)c(OC)c1.I. The Hall–Kier alpha value is -1.02. The first-order chi connectivity index (χ1) is 11.5. The third kappa shape index (κ3) is 8.76. The highest BCUT2D eigenvalue weighted by molar-refractivity contribution is 14.0. The van der Waals surface area contributed by atoms with Gasteiger partial charge in [0.15, 0.2) is 5.96 Å². The number of likely N-dealkylation sites (N-methyl/N-ethyl adjacent to an activating group) is 1. The van der Waals surface area contributed by atoms with Crippen molar-refractivity contribution in [2.45, 2.75) is 39.7 Å². The Bertz CT molecular complexity index is 522. The molecule has 0 fully saturated rings. The minimum absolute atomic E-state index is 0. The van der Waals surface area contributed by atoms with E-state index in [9.17, 15) is 0 Å². The van der Waals surface area contributed by atoms with Crippen LogP contribution in [-0.2, 0) is 6.42 Å². The molecule has 5 nitrogen and oxygen atoms in total. The summed E-state index contributed by atoms with van der Waals surface area (Å²) in [6.07, 6.45) is 2.10. The summed E-state index contributed by atoms with van der Waals surface area (Å²) in [5, 5.41) is 6.74. The van der Waals surface area contributed by atoms with Crippen molar-refractivity contribution in [1.29, 1.82) is 0 Å². The van der Waals surface area contributed by atoms with E-state index in [1.165, 1.54) is 12.0 Å². The highest BCUT2D eigenvalue weighted by atomic mass is 127. The van der Waals surface area contributed by atoms with E-state index in [1.54, 1.807) is 7.11 Å². The van der Waals surface area contributed by atoms with Crippen molar-refractivity contribution in [3.8, 4) is 5.75 Å². The quantitative estimate of drug-likeness (QED) is 0.337. The van der Waals surface area contributed by atoms with Gasteiger partial charge in [-0.1, -0.05) is 19.1 Å². The number of nitrogens with one attached hydrogen (secondary N) is 2. The summed E-state index contributed by atoms with van der Waals surface area (Å²) >= 11 is 0. The van der Waals surface area contributed by atoms with Crippen LogP contribution in [-0.4, -0.2) is 57.7 Å². The topological polar surface area (TPSA) is 48.9 Å². The van der Waals surface area contributed by atoms with Crippen molar-refractivity contribution in [3.63, 3.8) is 0 Å². The summed E-state index contributed by atoms with van der Waals surface area (Å²) in [7, 11) is 5.69. The summed E-state index contributed by atoms with van der Waals surface area (Å²) in [5.74, 6) is 1.80. The van der Waals surface area contributed by atoms with E-state index in [0.29, 0.717) is 6.04 Å². The van der Waals surface area contributed by atoms with E-state index in [0.717, 1.165) is 43.3 Å². The number of aryl methyl sites for hydroxylation is 1. The first-order valence-electron chi connectivity index (χ1n) is 8.80. The third-order valence-electron chi connectivity index (χ3n) is 4.50. The molecule has 0 amide bonds. The van der Waals surface area contributed by atoms with Crippen LogP contribution in [0.2, 0.25) is 0 Å². The molecule has 0 radical (unpaired) electrons. The third-order valence-corrected chi connectivity index (χ3v) is 4.50. The summed E-state index contributed by atoms with van der Waals surface area (Å²) in [5.41, 5.74) is 2.43. The molecule has 1 rings (SSSR count). The number of rotatable bonds is 9. The second-order valence-electron chi connectivity index (χ2n) is 6.22. The number of halogens is 1. The number of methoxy groups -OCH3 is 1. The smallest absolute Gasteiger partial charge is 0.191 e. The Kier molecular flexibility index (Phi) is 12.7. The van der Waals surface area contributed by atoms with Gasteiger partial charge in [-0.05, 0) is 50.9 Å². The molecule has 144 valence electrons. The molecular weight excluding hydrogens is 427 g/mol. The van der Waals surface area contributed by atoms with E-state index in [2.05, 4.69) is 66.5 Å². The summed E-state index contributed by atoms with van der Waals surface area (Å²) in [6.45, 7) is 9.26. The second kappa shape index (κ2) is 13.2. The van der Waals surface area contributed by atoms with Crippen LogP contribution >= 0.6 is 24.0 Å². The van der Waals surface area contributed by atoms with Crippen LogP contribution in [0.4, 0.5) is 0 Å². The standard InChI is InChI=1S/C19H34N4O.HI/c1-7-16(3)23(5)13-12-22-19(20-4)21-11-10-17-9-8-15(2)18(14-17)24-6;/h8-9,14,16H,7,10-13H2,1-6H3,(H2,20,21,22);1H. The van der Waals surface area contributed by atoms with E-state index in [-0.39, 0.29) is 24.0 Å². The van der Waals surface area contributed by atoms with Gasteiger partial charge in [0.2, 0.25) is 0 Å². The summed E-state index contributed by atoms with van der Waals surface area (Å²) in [6, 6.07) is 6.97. The molecular formula is C19H35IN4O. The molecule has 1 unspecified atom stereocenters. The van der Waals surface area contributed by atoms with E-state index >= 15 is 0 Å². The number of hydrogen-bond acceptors (Lipinski definition) is 3. The minimum Gasteiger partial charge on any atom is -0.496 e. The van der Waals surface area contributed by atoms with Gasteiger partial charge in [-0.2, -0.15) is 0 Å². The summed E-state index contributed by atoms with van der Waals surface area (Å²) < 4.78 is 5.38. The first kappa shape index (κ1) is 24.0. The Balaban J connectivity index is 0.00000576. The molecule has 1 atom stereocenters. The Morgan fingerprint density at radius 3 is 2.56 bits per heavy atom. The zero-order valence-electron chi connectivity index (χ0n) is 16.6. The number of guanidine groups is 1. The van der Waals surface area contributed by atoms with Crippen molar-refractivity contribution in [1.82, 2.24) is 15.5 Å². The molecule has 6 heteroatoms. The van der Waals surface area contributed by atoms with E-state index in [4.69, 9.17) is 4.74 Å². The molecule has 0 saturated carbocycles. The van der Waals surface area contributed by atoms with Crippen LogP contribution in [0.25, 0.3) is 0 Å². The van der Waals surface area contributed by atoms with Crippen molar-refractivity contribution in [2.24, 2.45) is 4.99 Å². The molecule has 1 aromatic rings. The number of ether oxygens (including phenoxy) is 1. The van der Waals surface area contributed by atoms with Crippen molar-refractivity contribution < 1.29 is 4.74 Å². The fourth-order valence-corrected chi connectivity index (χ4v) is 2.45. The molecule has 0 saturated heterocycles. The number of hydrogen-bond donors (Lipinski definition) is 2. The van der Waals surface area contributed by atoms with Gasteiger partial charge in [-0.25, -0.2) is 0 Å². The Morgan fingerprint density at radius 2 is 1.96 bits per heavy atom. The fraction of sp³-hybridized carbons (Fsp3) is 0.632. The Labute approximate surface area is 170 Å². The Morgan fingerprint density at radius 1 is 1.28 bits per heavy atom. The maximum atomic E-state index is 5.38. The molecule has 0 heterocycles. The maximum absolute atomic E-state index is 5.38. The van der Waals surface area contributed by atoms with Crippen LogP contribution in [0.15, 0.2) is 23.2 Å². The summed E-state index contributed by atoms with van der Waals surface area (Å²) in [4.78, 5) is 6.64. The zero-order chi connectivity index (χ0) is 17.9. The lowest BCUT2D eigenvalue weighted by Crippen LogP contribution is -2.42. The van der Waals surface area contributed by atoms with Gasteiger partial charge in [-0.15, -0.1) is 24.0 Å². The number of nitrogens with zero attached hydrogens (tertiary/aromatic N) is 2. The van der Waals surface area contributed by atoms with Gasteiger partial charge in [-0.3, -0.25) is 4.99 Å². The van der Waals surface area contributed by atoms with Crippen LogP contribution < -0.4 is 15.4 Å². The molecule has 0 aromatic heterocycles. The molecule has 0 aliphatic carbocycles. The minimum atomic E-state index is 0. The molecule has 0 aliphatic rings. The monoisotopic (exact) mass is 462 g/mol. The van der Waals surface area contributed by atoms with Gasteiger partial charge in [0, 0.05) is 32.7 Å². The van der Waals surface area contributed by atoms with Crippen LogP contribution in [0.3, 0.4) is 0 Å². The predicted octanol–water partition coefficient (Wildman–Crippen LogP) is 3.06. The average Bonchev–Trinajstić information content (AvgIpc) is 2.60. The van der Waals surface area contributed by atoms with Crippen LogP contribution in [0.1, 0.15) is 31.4 Å². The van der Waals surface area contributed by atoms with Crippen molar-refractivity contribution in [3.05, 3.63) is 29.3 Å². The molecule has 0 bridgehead atoms. The first-order valence-corrected chi connectivity index (χ1v) is 8.80. The molecule has 0 spiro atoms. The normalized spacial score (nSPS) is 12.5. The van der Waals surface area contributed by atoms with E-state index in [1.807, 2.05) is 7.05 Å². The van der Waals surface area contributed by atoms with Gasteiger partial charge in [0.1, 0.15) is 5.75 Å². The van der Waals surface area contributed by atoms with Crippen LogP contribution in [0, 0.1) is 6.92 Å². The van der Waals surface area contributed by atoms with Gasteiger partial charge in [0.25, 0.3) is 0 Å². The highest BCUT2D eigenvalue weighted by Gasteiger charge is 2.06. The number of benzene rings is 1. The lowest BCUT2D eigenvalue weighted by Gasteiger charge is -2.24. The predicted molar refractivity (Wildman–Crippen MR) is 119 cm³/mol. The average molecular weight is 462 g/mol. The molecule has 25 heavy (non-hydrogen) atoms. The van der Waals surface area contributed by atoms with Gasteiger partial charge in [0.05, 0.1) is 7.11 Å². The second-order valence-corrected chi connectivity index (χ2v) is 6.22. The largest absolute Gasteiger partial charge is 0.496 e. The molecule has 2 N–H and O–H groups in total. The van der Waals surface area contributed by atoms with Crippen molar-refractivity contribution >= 4 is 29.9 Å². The lowest BCUT2D eigenvalue weighted by molar-refractivity contribution is 0.255.